The summed E-state index contributed by atoms with van der Waals surface area (Å²) in [6.45, 7) is 15.9. The molecule has 8 aromatic heterocycles. The second-order valence-electron chi connectivity index (χ2n) is 34.8. The van der Waals surface area contributed by atoms with Gasteiger partial charge in [0.05, 0.1) is 64.4 Å². The molecule has 0 saturated carbocycles. The molecule has 28 nitrogen and oxygen atoms in total. The summed E-state index contributed by atoms with van der Waals surface area (Å²) >= 11 is 25.1. The molecule has 141 heavy (non-hydrogen) atoms. The summed E-state index contributed by atoms with van der Waals surface area (Å²) in [5.41, 5.74) is 16.6. The topological polar surface area (TPSA) is 290 Å². The number of nitrogens with one attached hydrogen (secondary N) is 4. The number of aromatic amines is 4. The largest absolute Gasteiger partial charge is 0.494 e. The molecule has 4 atom stereocenters. The monoisotopic (exact) mass is 1970 g/mol. The molecule has 20 rings (SSSR count). The number of hydrogen-bond acceptors (Lipinski definition) is 16. The van der Waals surface area contributed by atoms with E-state index in [2.05, 4.69) is 57.6 Å². The van der Waals surface area contributed by atoms with Crippen LogP contribution in [0.25, 0.3) is 43.6 Å². The highest BCUT2D eigenvalue weighted by Gasteiger charge is 2.41. The van der Waals surface area contributed by atoms with Crippen molar-refractivity contribution in [1.82, 2.24) is 77.7 Å². The molecule has 0 aliphatic carbocycles. The van der Waals surface area contributed by atoms with Gasteiger partial charge in [-0.05, 0) is 244 Å². The second-order valence-corrected chi connectivity index (χ2v) is 36.5. The molecule has 0 spiro atoms. The van der Waals surface area contributed by atoms with Crippen molar-refractivity contribution in [2.75, 3.05) is 72.4 Å². The quantitative estimate of drug-likeness (QED) is 0.0192. The van der Waals surface area contributed by atoms with E-state index in [0.717, 1.165) is 188 Å². The Morgan fingerprint density at radius 3 is 0.915 bits per heavy atom. The summed E-state index contributed by atoms with van der Waals surface area (Å²) in [7, 11) is 0. The molecule has 32 heteroatoms. The van der Waals surface area contributed by atoms with Crippen LogP contribution in [0, 0.1) is 24.2 Å². The van der Waals surface area contributed by atoms with E-state index in [-0.39, 0.29) is 61.8 Å². The van der Waals surface area contributed by atoms with E-state index in [1.54, 1.807) is 65.4 Å². The zero-order valence-corrected chi connectivity index (χ0v) is 81.8. The summed E-state index contributed by atoms with van der Waals surface area (Å²) in [6.07, 6.45) is 32.9. The normalized spacial score (nSPS) is 15.1. The third-order valence-electron chi connectivity index (χ3n) is 25.1. The molecule has 4 aliphatic heterocycles. The van der Waals surface area contributed by atoms with Crippen molar-refractivity contribution in [3.63, 3.8) is 0 Å². The highest BCUT2D eigenvalue weighted by molar-refractivity contribution is 6.32. The van der Waals surface area contributed by atoms with Crippen molar-refractivity contribution in [1.29, 1.82) is 0 Å². The molecule has 12 heterocycles. The highest BCUT2D eigenvalue weighted by Crippen LogP contribution is 2.46. The smallest absolute Gasteiger partial charge is 0.411 e. The van der Waals surface area contributed by atoms with Crippen molar-refractivity contribution in [3.8, 4) is 47.2 Å². The van der Waals surface area contributed by atoms with Crippen molar-refractivity contribution < 1.29 is 57.1 Å². The Hall–Kier alpha value is -14.7. The van der Waals surface area contributed by atoms with E-state index in [1.165, 1.54) is 16.7 Å². The van der Waals surface area contributed by atoms with Crippen LogP contribution in [0.1, 0.15) is 151 Å². The number of imidazole rings is 4. The maximum absolute atomic E-state index is 13.0. The number of halogens is 4. The number of carbonyl (C=O) groups is 4. The second kappa shape index (κ2) is 46.9. The maximum atomic E-state index is 13.0. The van der Waals surface area contributed by atoms with Crippen LogP contribution in [0.3, 0.4) is 0 Å². The summed E-state index contributed by atoms with van der Waals surface area (Å²) < 4.78 is 53.7. The predicted octanol–water partition coefficient (Wildman–Crippen LogP) is 22.8. The molecule has 0 bridgehead atoms. The summed E-state index contributed by atoms with van der Waals surface area (Å²) in [4.78, 5) is 89.5. The van der Waals surface area contributed by atoms with Gasteiger partial charge in [-0.1, -0.05) is 114 Å². The Balaban J connectivity index is 0.000000130. The first-order valence-corrected chi connectivity index (χ1v) is 49.0. The molecule has 4 amide bonds. The van der Waals surface area contributed by atoms with Gasteiger partial charge in [-0.2, -0.15) is 0 Å². The van der Waals surface area contributed by atoms with Gasteiger partial charge in [0.25, 0.3) is 0 Å². The Labute approximate surface area is 837 Å². The van der Waals surface area contributed by atoms with E-state index in [9.17, 15) is 19.2 Å². The fraction of sp³-hybridized carbons (Fsp3) is 0.303. The number of aromatic nitrogens is 12. The van der Waals surface area contributed by atoms with Crippen LogP contribution in [0.15, 0.2) is 245 Å². The minimum Gasteiger partial charge on any atom is -0.494 e. The van der Waals surface area contributed by atoms with Crippen molar-refractivity contribution >= 4 is 114 Å². The number of benzene rings is 8. The van der Waals surface area contributed by atoms with Crippen molar-refractivity contribution in [3.05, 3.63) is 332 Å². The number of terminal acetylenes is 1. The third-order valence-corrected chi connectivity index (χ3v) is 26.1. The van der Waals surface area contributed by atoms with Gasteiger partial charge >= 0.3 is 24.4 Å². The molecule has 726 valence electrons. The molecule has 16 aromatic rings. The number of amides is 4. The molecule has 4 aliphatic rings. The lowest BCUT2D eigenvalue weighted by molar-refractivity contribution is 0.0654. The zero-order chi connectivity index (χ0) is 97.7. The first-order valence-electron chi connectivity index (χ1n) is 47.5. The van der Waals surface area contributed by atoms with Gasteiger partial charge in [0.15, 0.2) is 13.2 Å². The Kier molecular flexibility index (Phi) is 32.5. The number of ether oxygens (including phenoxy) is 8. The van der Waals surface area contributed by atoms with Crippen molar-refractivity contribution in [2.45, 2.75) is 142 Å². The van der Waals surface area contributed by atoms with Crippen LogP contribution in [0.4, 0.5) is 19.2 Å². The standard InChI is InChI=1S/C28H27ClN4O3.2C27H29ClN4O3.C27H25ClN4O3/c1-2-3-16-36-28(34)33-14-11-23-24-18-21(29)7-10-25(24)31-26(23)27(33)20-5-8-22(9-6-20)35-17-4-13-32-15-12-30-19-32;1-18(2)35-27(33)32-13-10-22-23-16-20(28)6-9-24(23)30-25(22)26(32)19-4-7-21(8-5-19)34-15-3-12-31-14-11-29-17-31;2*1-2-15-35-27(33)32-13-10-22-23-17-20(28)6-9-24(23)30-25(22)26(32)19-4-7-21(8-5-19)34-16-3-12-31-14-11-29-18-31/h5-10,12,15,18-19,27,31H,4,11,13-14,16-17H2,1H3;4-9,11,14,16-18,26,30H,3,10,12-13,15H2,1-2H3;4-9,11,14,17-18,26,30H,2-3,10,12-13,15-16H2,1H3;1,4-9,11,14,17-18,26,30H,3,10,12-13,15-16H2. The lowest BCUT2D eigenvalue weighted by atomic mass is 9.92. The van der Waals surface area contributed by atoms with Crippen LogP contribution < -0.4 is 18.9 Å². The van der Waals surface area contributed by atoms with Gasteiger partial charge in [-0.3, -0.25) is 19.6 Å². The fourth-order valence-electron chi connectivity index (χ4n) is 18.6. The molecule has 8 aromatic carbocycles. The maximum Gasteiger partial charge on any atom is 0.411 e. The van der Waals surface area contributed by atoms with E-state index < -0.39 is 6.09 Å². The van der Waals surface area contributed by atoms with Gasteiger partial charge in [-0.25, -0.2) is 39.1 Å². The molecule has 4 N–H and O–H groups in total. The SMILES string of the molecule is C#CCOC(=O)N1CCc2c([nH]c3ccc(Cl)cc23)C1c1ccc(OCCCn2ccnc2)cc1.CC#CCOC(=O)N1CCc2c([nH]c3ccc(Cl)cc23)C1c1ccc(OCCCn2ccnc2)cc1.CC(C)OC(=O)N1CCc2c([nH]c3ccc(Cl)cc23)C1c1ccc(OCCCn2ccnc2)cc1.CCCOC(=O)N1CCc2c([nH]c3ccc(Cl)cc23)C1c1ccc(OCCCn2ccnc2)cc1. The molecule has 0 fully saturated rings. The summed E-state index contributed by atoms with van der Waals surface area (Å²) in [6, 6.07) is 53.9. The third kappa shape index (κ3) is 23.9. The van der Waals surface area contributed by atoms with E-state index in [1.807, 2.05) is 245 Å². The van der Waals surface area contributed by atoms with Crippen LogP contribution in [-0.2, 0) is 70.8 Å². The number of fused-ring (bicyclic) bond motifs is 12. The lowest BCUT2D eigenvalue weighted by Crippen LogP contribution is -2.41. The molecular weight excluding hydrogens is 1870 g/mol. The minimum atomic E-state index is -0.435. The first kappa shape index (κ1) is 97.9. The summed E-state index contributed by atoms with van der Waals surface area (Å²) in [5.74, 6) is 11.1. The molecular formula is C109H110Cl4N16O12. The van der Waals surface area contributed by atoms with Crippen LogP contribution in [-0.4, -0.2) is 181 Å². The fourth-order valence-corrected chi connectivity index (χ4v) is 19.3. The van der Waals surface area contributed by atoms with Crippen LogP contribution in [0.2, 0.25) is 20.1 Å². The number of H-pyrrole nitrogens is 4. The van der Waals surface area contributed by atoms with Gasteiger partial charge in [0, 0.05) is 188 Å². The van der Waals surface area contributed by atoms with Gasteiger partial charge < -0.3 is 76.1 Å². The zero-order valence-electron chi connectivity index (χ0n) is 78.8. The van der Waals surface area contributed by atoms with E-state index >= 15 is 0 Å². The Bertz CT molecular complexity index is 7010. The average molecular weight is 1980 g/mol. The van der Waals surface area contributed by atoms with Crippen LogP contribution in [0.5, 0.6) is 23.0 Å². The molecule has 0 saturated heterocycles. The van der Waals surface area contributed by atoms with Crippen molar-refractivity contribution in [2.24, 2.45) is 0 Å². The first-order chi connectivity index (χ1) is 68.9. The van der Waals surface area contributed by atoms with Gasteiger partial charge in [-0.15, -0.1) is 12.3 Å². The Morgan fingerprint density at radius 1 is 0.383 bits per heavy atom. The number of aryl methyl sites for hydroxylation is 4. The lowest BCUT2D eigenvalue weighted by Gasteiger charge is -2.36. The number of nitrogens with zero attached hydrogens (tertiary/aromatic N) is 12. The Morgan fingerprint density at radius 2 is 0.660 bits per heavy atom. The number of hydrogen-bond donors (Lipinski definition) is 4. The molecule has 4 unspecified atom stereocenters. The minimum absolute atomic E-state index is 0.0664. The van der Waals surface area contributed by atoms with Gasteiger partial charge in [0.2, 0.25) is 0 Å². The van der Waals surface area contributed by atoms with Crippen LogP contribution >= 0.6 is 46.4 Å². The molecule has 0 radical (unpaired) electrons. The average Bonchev–Trinajstić information content (AvgIpc) is 1.62. The van der Waals surface area contributed by atoms with E-state index in [4.69, 9.17) is 90.7 Å². The number of rotatable bonds is 29. The van der Waals surface area contributed by atoms with Gasteiger partial charge in [0.1, 0.15) is 47.2 Å². The highest BCUT2D eigenvalue weighted by atomic mass is 35.5. The predicted molar refractivity (Wildman–Crippen MR) is 546 cm³/mol. The van der Waals surface area contributed by atoms with E-state index in [0.29, 0.717) is 92.1 Å². The summed E-state index contributed by atoms with van der Waals surface area (Å²) in [5, 5.41) is 7.15. The number of carbonyl (C=O) groups excluding carboxylic acids is 4.